The van der Waals surface area contributed by atoms with Crippen LogP contribution in [0.2, 0.25) is 0 Å². The molecule has 4 N–H and O–H groups in total. The molecule has 40 heavy (non-hydrogen) atoms. The molecular formula is C27H30F2N10O. The Hall–Kier alpha value is -4.81. The Morgan fingerprint density at radius 2 is 2.05 bits per heavy atom. The van der Waals surface area contributed by atoms with Gasteiger partial charge in [-0.2, -0.15) is 15.1 Å². The average Bonchev–Trinajstić information content (AvgIpc) is 3.64. The zero-order chi connectivity index (χ0) is 28.1. The van der Waals surface area contributed by atoms with E-state index in [0.29, 0.717) is 37.0 Å². The van der Waals surface area contributed by atoms with E-state index in [1.165, 1.54) is 12.3 Å². The third-order valence-electron chi connectivity index (χ3n) is 6.74. The number of hydrogen-bond donors (Lipinski definition) is 4. The number of ether oxygens (including phenoxy) is 1. The smallest absolute Gasteiger partial charge is 0.326 e. The first-order valence-corrected chi connectivity index (χ1v) is 12.9. The molecule has 0 bridgehead atoms. The van der Waals surface area contributed by atoms with Crippen LogP contribution in [-0.4, -0.2) is 68.9 Å². The summed E-state index contributed by atoms with van der Waals surface area (Å²) in [6.45, 7) is 3.34. The number of aromatic nitrogens is 5. The molecule has 3 aromatic heterocycles. The number of benzene rings is 1. The predicted molar refractivity (Wildman–Crippen MR) is 151 cm³/mol. The summed E-state index contributed by atoms with van der Waals surface area (Å²) in [5.74, 6) is -0.148. The highest BCUT2D eigenvalue weighted by Gasteiger charge is 2.24. The van der Waals surface area contributed by atoms with E-state index in [-0.39, 0.29) is 28.7 Å². The molecular weight excluding hydrogens is 518 g/mol. The molecule has 1 fully saturated rings. The molecule has 0 saturated carbocycles. The molecule has 0 spiro atoms. The van der Waals surface area contributed by atoms with Crippen molar-refractivity contribution in [3.63, 3.8) is 0 Å². The predicted octanol–water partition coefficient (Wildman–Crippen LogP) is 5.15. The highest BCUT2D eigenvalue weighted by atomic mass is 19.1. The summed E-state index contributed by atoms with van der Waals surface area (Å²) >= 11 is 0. The minimum absolute atomic E-state index is 0.0626. The van der Waals surface area contributed by atoms with Gasteiger partial charge in [-0.1, -0.05) is 12.2 Å². The SMILES string of the molecule is CC=CCc1cc(Nc2cc(N3CCC(N(C)C=NC=N)CC3)nc(Oc3cc(F)c4[nH]ccc4c3F)n2)n[nH]1. The number of H-pyrrole nitrogens is 2. The van der Waals surface area contributed by atoms with Gasteiger partial charge in [0.1, 0.15) is 18.0 Å². The summed E-state index contributed by atoms with van der Waals surface area (Å²) in [4.78, 5) is 19.6. The van der Waals surface area contributed by atoms with Gasteiger partial charge in [0.15, 0.2) is 23.2 Å². The van der Waals surface area contributed by atoms with Crippen LogP contribution in [-0.2, 0) is 6.42 Å². The maximum atomic E-state index is 15.1. The molecule has 0 unspecified atom stereocenters. The fourth-order valence-corrected chi connectivity index (χ4v) is 4.63. The number of halogens is 2. The fraction of sp³-hybridized carbons (Fsp3) is 0.296. The van der Waals surface area contributed by atoms with Gasteiger partial charge in [0.25, 0.3) is 0 Å². The van der Waals surface area contributed by atoms with Crippen LogP contribution in [0.5, 0.6) is 11.8 Å². The Labute approximate surface area is 229 Å². The first-order chi connectivity index (χ1) is 19.4. The molecule has 1 aliphatic rings. The van der Waals surface area contributed by atoms with Gasteiger partial charge < -0.3 is 24.8 Å². The van der Waals surface area contributed by atoms with E-state index < -0.39 is 11.6 Å². The normalized spacial score (nSPS) is 14.4. The Morgan fingerprint density at radius 1 is 1.23 bits per heavy atom. The van der Waals surface area contributed by atoms with Crippen molar-refractivity contribution >= 4 is 41.0 Å². The van der Waals surface area contributed by atoms with Gasteiger partial charge in [-0.3, -0.25) is 10.5 Å². The second kappa shape index (κ2) is 11.9. The molecule has 1 aliphatic heterocycles. The van der Waals surface area contributed by atoms with Crippen LogP contribution in [0, 0.1) is 17.0 Å². The maximum Gasteiger partial charge on any atom is 0.326 e. The van der Waals surface area contributed by atoms with E-state index in [0.717, 1.165) is 30.9 Å². The summed E-state index contributed by atoms with van der Waals surface area (Å²) in [6.07, 6.45) is 10.5. The molecule has 5 rings (SSSR count). The molecule has 0 atom stereocenters. The zero-order valence-electron chi connectivity index (χ0n) is 22.2. The number of anilines is 3. The second-order valence-corrected chi connectivity index (χ2v) is 9.39. The Bertz CT molecular complexity index is 1540. The van der Waals surface area contributed by atoms with Gasteiger partial charge in [0.05, 0.1) is 11.9 Å². The van der Waals surface area contributed by atoms with Crippen LogP contribution < -0.4 is 15.0 Å². The number of fused-ring (bicyclic) bond motifs is 1. The first-order valence-electron chi connectivity index (χ1n) is 12.9. The van der Waals surface area contributed by atoms with E-state index in [1.54, 1.807) is 12.4 Å². The van der Waals surface area contributed by atoms with Crippen LogP contribution in [0.25, 0.3) is 10.9 Å². The van der Waals surface area contributed by atoms with Gasteiger partial charge in [-0.05, 0) is 25.8 Å². The van der Waals surface area contributed by atoms with Crippen LogP contribution in [0.3, 0.4) is 0 Å². The second-order valence-electron chi connectivity index (χ2n) is 9.39. The standard InChI is InChI=1S/C27H30F2N10O/c1-3-4-5-17-12-23(37-36-17)33-22-14-24(39-10-7-18(8-11-39)38(2)16-31-15-30)35-27(34-22)40-21-13-20(28)26-19(25(21)29)6-9-32-26/h3-4,6,9,12-16,18,30,32H,5,7-8,10-11H2,1-2H3,(H2,33,34,35,36,37). The third kappa shape index (κ3) is 5.92. The van der Waals surface area contributed by atoms with Crippen LogP contribution in [0.1, 0.15) is 25.5 Å². The van der Waals surface area contributed by atoms with Crippen LogP contribution in [0.4, 0.5) is 26.2 Å². The fourth-order valence-electron chi connectivity index (χ4n) is 4.63. The van der Waals surface area contributed by atoms with Crippen molar-refractivity contribution in [3.8, 4) is 11.8 Å². The number of rotatable bonds is 10. The lowest BCUT2D eigenvalue weighted by atomic mass is 10.0. The summed E-state index contributed by atoms with van der Waals surface area (Å²) in [5.41, 5.74) is 0.981. The molecule has 0 amide bonds. The quantitative estimate of drug-likeness (QED) is 0.122. The topological polar surface area (TPSA) is 134 Å². The van der Waals surface area contributed by atoms with Crippen molar-refractivity contribution in [2.45, 2.75) is 32.2 Å². The maximum absolute atomic E-state index is 15.1. The van der Waals surface area contributed by atoms with Crippen molar-refractivity contribution in [2.75, 3.05) is 30.4 Å². The summed E-state index contributed by atoms with van der Waals surface area (Å²) in [7, 11) is 1.94. The molecule has 13 heteroatoms. The average molecular weight is 549 g/mol. The van der Waals surface area contributed by atoms with E-state index in [2.05, 4.69) is 40.4 Å². The molecule has 4 heterocycles. The van der Waals surface area contributed by atoms with E-state index in [4.69, 9.17) is 10.1 Å². The molecule has 1 saturated heterocycles. The van der Waals surface area contributed by atoms with Crippen LogP contribution >= 0.6 is 0 Å². The van der Waals surface area contributed by atoms with Crippen molar-refractivity contribution in [3.05, 3.63) is 59.9 Å². The highest BCUT2D eigenvalue weighted by molar-refractivity contribution is 5.82. The van der Waals surface area contributed by atoms with Crippen molar-refractivity contribution in [1.29, 1.82) is 5.41 Å². The summed E-state index contributed by atoms with van der Waals surface area (Å²) < 4.78 is 35.5. The number of nitrogens with one attached hydrogen (secondary N) is 4. The largest absolute Gasteiger partial charge is 0.421 e. The molecule has 4 aromatic rings. The lowest BCUT2D eigenvalue weighted by Gasteiger charge is -2.36. The van der Waals surface area contributed by atoms with Crippen molar-refractivity contribution in [2.24, 2.45) is 4.99 Å². The van der Waals surface area contributed by atoms with Gasteiger partial charge >= 0.3 is 6.01 Å². The number of piperidine rings is 1. The van der Waals surface area contributed by atoms with Gasteiger partial charge in [0, 0.05) is 68.1 Å². The van der Waals surface area contributed by atoms with Crippen molar-refractivity contribution < 1.29 is 13.5 Å². The molecule has 0 aliphatic carbocycles. The van der Waals surface area contributed by atoms with E-state index in [9.17, 15) is 4.39 Å². The first kappa shape index (κ1) is 26.8. The Balaban J connectivity index is 1.42. The number of nitrogens with zero attached hydrogens (tertiary/aromatic N) is 6. The van der Waals surface area contributed by atoms with Gasteiger partial charge in [-0.25, -0.2) is 13.8 Å². The minimum Gasteiger partial charge on any atom is -0.421 e. The minimum atomic E-state index is -0.711. The van der Waals surface area contributed by atoms with Gasteiger partial charge in [0.2, 0.25) is 0 Å². The zero-order valence-corrected chi connectivity index (χ0v) is 22.2. The number of aromatic amines is 2. The third-order valence-corrected chi connectivity index (χ3v) is 6.74. The lowest BCUT2D eigenvalue weighted by molar-refractivity contribution is 0.311. The number of hydrogen-bond acceptors (Lipinski definition) is 7. The Kier molecular flexibility index (Phi) is 7.99. The highest BCUT2D eigenvalue weighted by Crippen LogP contribution is 2.33. The molecule has 11 nitrogen and oxygen atoms in total. The molecule has 0 radical (unpaired) electrons. The summed E-state index contributed by atoms with van der Waals surface area (Å²) in [6, 6.07) is 6.21. The summed E-state index contributed by atoms with van der Waals surface area (Å²) in [5, 5.41) is 17.6. The number of aliphatic imine (C=N–C) groups is 1. The Morgan fingerprint density at radius 3 is 2.83 bits per heavy atom. The van der Waals surface area contributed by atoms with E-state index in [1.807, 2.05) is 37.1 Å². The lowest BCUT2D eigenvalue weighted by Crippen LogP contribution is -2.43. The van der Waals surface area contributed by atoms with E-state index >= 15 is 4.39 Å². The number of allylic oxidation sites excluding steroid dienone is 2. The molecule has 208 valence electrons. The monoisotopic (exact) mass is 548 g/mol. The van der Waals surface area contributed by atoms with Crippen LogP contribution in [0.15, 0.2) is 47.6 Å². The molecule has 1 aromatic carbocycles. The van der Waals surface area contributed by atoms with Gasteiger partial charge in [-0.15, -0.1) is 0 Å². The van der Waals surface area contributed by atoms with Crippen molar-refractivity contribution in [1.82, 2.24) is 30.0 Å².